The Morgan fingerprint density at radius 2 is 2.19 bits per heavy atom. The molecule has 2 aromatic rings. The lowest BCUT2D eigenvalue weighted by Gasteiger charge is -2.26. The molecule has 16 heavy (non-hydrogen) atoms. The Morgan fingerprint density at radius 1 is 1.31 bits per heavy atom. The van der Waals surface area contributed by atoms with Gasteiger partial charge in [0.1, 0.15) is 0 Å². The quantitative estimate of drug-likeness (QED) is 0.743. The van der Waals surface area contributed by atoms with Gasteiger partial charge in [0.2, 0.25) is 0 Å². The Hall–Kier alpha value is -0.960. The molecule has 2 heterocycles. The molecule has 3 heteroatoms. The van der Waals surface area contributed by atoms with Crippen molar-refractivity contribution in [2.45, 2.75) is 38.5 Å². The highest BCUT2D eigenvalue weighted by Gasteiger charge is 2.25. The molecular formula is C13H16N2S. The topological polar surface area (TPSA) is 25.8 Å². The molecule has 0 N–H and O–H groups in total. The Morgan fingerprint density at radius 3 is 3.00 bits per heavy atom. The first kappa shape index (κ1) is 10.2. The van der Waals surface area contributed by atoms with Gasteiger partial charge in [0.25, 0.3) is 0 Å². The Labute approximate surface area is 99.7 Å². The van der Waals surface area contributed by atoms with Crippen molar-refractivity contribution in [3.05, 3.63) is 23.5 Å². The van der Waals surface area contributed by atoms with Crippen LogP contribution < -0.4 is 0 Å². The van der Waals surface area contributed by atoms with Crippen molar-refractivity contribution >= 4 is 21.6 Å². The Kier molecular flexibility index (Phi) is 2.64. The van der Waals surface area contributed by atoms with Gasteiger partial charge in [-0.15, -0.1) is 11.3 Å². The molecule has 1 saturated carbocycles. The van der Waals surface area contributed by atoms with Crippen LogP contribution in [0.2, 0.25) is 0 Å². The van der Waals surface area contributed by atoms with Gasteiger partial charge >= 0.3 is 0 Å². The van der Waals surface area contributed by atoms with Crippen LogP contribution in [0.4, 0.5) is 0 Å². The lowest BCUT2D eigenvalue weighted by Crippen LogP contribution is -2.14. The standard InChI is InChI=1S/C13H16N2S/c1-9-4-2-3-5-10(9)13-15-11-6-7-14-8-12(11)16-13/h6-10H,2-5H2,1H3/t9?,10-/m0/s1. The predicted molar refractivity (Wildman–Crippen MR) is 67.8 cm³/mol. The van der Waals surface area contributed by atoms with Crippen LogP contribution >= 0.6 is 11.3 Å². The molecule has 84 valence electrons. The summed E-state index contributed by atoms with van der Waals surface area (Å²) in [7, 11) is 0. The monoisotopic (exact) mass is 232 g/mol. The molecule has 0 aliphatic heterocycles. The summed E-state index contributed by atoms with van der Waals surface area (Å²) in [6, 6.07) is 2.02. The fourth-order valence-electron chi connectivity index (χ4n) is 2.64. The number of thiazole rings is 1. The van der Waals surface area contributed by atoms with Crippen molar-refractivity contribution in [1.82, 2.24) is 9.97 Å². The average molecular weight is 232 g/mol. The van der Waals surface area contributed by atoms with E-state index in [0.717, 1.165) is 11.4 Å². The third-order valence-electron chi connectivity index (χ3n) is 3.64. The second kappa shape index (κ2) is 4.13. The minimum Gasteiger partial charge on any atom is -0.263 e. The van der Waals surface area contributed by atoms with Crippen LogP contribution in [-0.2, 0) is 0 Å². The second-order valence-corrected chi connectivity index (χ2v) is 5.83. The van der Waals surface area contributed by atoms with Crippen molar-refractivity contribution in [3.63, 3.8) is 0 Å². The molecule has 0 amide bonds. The molecule has 3 rings (SSSR count). The maximum absolute atomic E-state index is 4.77. The number of nitrogens with zero attached hydrogens (tertiary/aromatic N) is 2. The van der Waals surface area contributed by atoms with Gasteiger partial charge in [-0.05, 0) is 18.4 Å². The summed E-state index contributed by atoms with van der Waals surface area (Å²) < 4.78 is 1.23. The molecule has 2 atom stereocenters. The van der Waals surface area contributed by atoms with Crippen LogP contribution in [0.3, 0.4) is 0 Å². The lowest BCUT2D eigenvalue weighted by molar-refractivity contribution is 0.330. The van der Waals surface area contributed by atoms with E-state index in [0.29, 0.717) is 5.92 Å². The molecule has 0 spiro atoms. The highest BCUT2D eigenvalue weighted by Crippen LogP contribution is 2.40. The molecule has 2 nitrogen and oxygen atoms in total. The number of pyridine rings is 1. The summed E-state index contributed by atoms with van der Waals surface area (Å²) in [6.45, 7) is 2.37. The molecule has 1 fully saturated rings. The number of fused-ring (bicyclic) bond motifs is 1. The largest absolute Gasteiger partial charge is 0.263 e. The molecule has 2 aromatic heterocycles. The van der Waals surface area contributed by atoms with Crippen LogP contribution in [0.5, 0.6) is 0 Å². The summed E-state index contributed by atoms with van der Waals surface area (Å²) in [5.74, 6) is 1.48. The van der Waals surface area contributed by atoms with E-state index in [1.807, 2.05) is 29.8 Å². The fourth-order valence-corrected chi connectivity index (χ4v) is 3.84. The number of hydrogen-bond acceptors (Lipinski definition) is 3. The molecule has 0 aromatic carbocycles. The first-order valence-corrected chi connectivity index (χ1v) is 6.86. The van der Waals surface area contributed by atoms with Crippen LogP contribution in [-0.4, -0.2) is 9.97 Å². The normalized spacial score (nSPS) is 26.1. The highest BCUT2D eigenvalue weighted by atomic mass is 32.1. The maximum atomic E-state index is 4.77. The summed E-state index contributed by atoms with van der Waals surface area (Å²) in [5.41, 5.74) is 1.12. The Bertz CT molecular complexity index is 458. The number of aromatic nitrogens is 2. The smallest absolute Gasteiger partial charge is 0.0972 e. The minimum atomic E-state index is 0.686. The van der Waals surface area contributed by atoms with E-state index in [9.17, 15) is 0 Å². The zero-order chi connectivity index (χ0) is 11.0. The van der Waals surface area contributed by atoms with Crippen molar-refractivity contribution in [2.75, 3.05) is 0 Å². The summed E-state index contributed by atoms with van der Waals surface area (Å²) >= 11 is 1.83. The van der Waals surface area contributed by atoms with Crippen LogP contribution in [0, 0.1) is 5.92 Å². The molecule has 1 unspecified atom stereocenters. The zero-order valence-electron chi connectivity index (χ0n) is 9.52. The van der Waals surface area contributed by atoms with Crippen molar-refractivity contribution in [1.29, 1.82) is 0 Å². The van der Waals surface area contributed by atoms with Crippen molar-refractivity contribution < 1.29 is 0 Å². The van der Waals surface area contributed by atoms with E-state index in [-0.39, 0.29) is 0 Å². The van der Waals surface area contributed by atoms with Gasteiger partial charge in [-0.2, -0.15) is 0 Å². The third kappa shape index (κ3) is 1.73. The molecule has 0 bridgehead atoms. The Balaban J connectivity index is 1.98. The summed E-state index contributed by atoms with van der Waals surface area (Å²) in [4.78, 5) is 8.93. The first-order chi connectivity index (χ1) is 7.84. The van der Waals surface area contributed by atoms with Crippen LogP contribution in [0.25, 0.3) is 10.2 Å². The molecular weight excluding hydrogens is 216 g/mol. The minimum absolute atomic E-state index is 0.686. The SMILES string of the molecule is CC1CCCC[C@@H]1c1nc2ccncc2s1. The van der Waals surface area contributed by atoms with Gasteiger partial charge in [0.15, 0.2) is 0 Å². The number of rotatable bonds is 1. The second-order valence-electron chi connectivity index (χ2n) is 4.76. The van der Waals surface area contributed by atoms with Gasteiger partial charge in [0, 0.05) is 18.3 Å². The molecule has 1 aliphatic carbocycles. The fraction of sp³-hybridized carbons (Fsp3) is 0.538. The lowest BCUT2D eigenvalue weighted by atomic mass is 9.81. The molecule has 0 saturated heterocycles. The van der Waals surface area contributed by atoms with Gasteiger partial charge in [0.05, 0.1) is 15.2 Å². The third-order valence-corrected chi connectivity index (χ3v) is 4.77. The van der Waals surface area contributed by atoms with E-state index in [1.54, 1.807) is 0 Å². The van der Waals surface area contributed by atoms with Gasteiger partial charge < -0.3 is 0 Å². The van der Waals surface area contributed by atoms with Crippen molar-refractivity contribution in [2.24, 2.45) is 5.92 Å². The number of hydrogen-bond donors (Lipinski definition) is 0. The predicted octanol–water partition coefficient (Wildman–Crippen LogP) is 3.99. The molecule has 0 radical (unpaired) electrons. The summed E-state index contributed by atoms with van der Waals surface area (Å²) in [6.07, 6.45) is 9.20. The van der Waals surface area contributed by atoms with E-state index in [2.05, 4.69) is 11.9 Å². The van der Waals surface area contributed by atoms with Crippen LogP contribution in [0.1, 0.15) is 43.5 Å². The maximum Gasteiger partial charge on any atom is 0.0972 e. The highest BCUT2D eigenvalue weighted by molar-refractivity contribution is 7.18. The van der Waals surface area contributed by atoms with Crippen LogP contribution in [0.15, 0.2) is 18.5 Å². The zero-order valence-corrected chi connectivity index (χ0v) is 10.3. The molecule has 1 aliphatic rings. The van der Waals surface area contributed by atoms with Crippen molar-refractivity contribution in [3.8, 4) is 0 Å². The first-order valence-electron chi connectivity index (χ1n) is 6.05. The van der Waals surface area contributed by atoms with Gasteiger partial charge in [-0.25, -0.2) is 4.98 Å². The van der Waals surface area contributed by atoms with E-state index < -0.39 is 0 Å². The van der Waals surface area contributed by atoms with E-state index in [4.69, 9.17) is 4.98 Å². The summed E-state index contributed by atoms with van der Waals surface area (Å²) in [5, 5.41) is 1.33. The van der Waals surface area contributed by atoms with Gasteiger partial charge in [-0.3, -0.25) is 4.98 Å². The van der Waals surface area contributed by atoms with E-state index >= 15 is 0 Å². The van der Waals surface area contributed by atoms with Gasteiger partial charge in [-0.1, -0.05) is 26.2 Å². The van der Waals surface area contributed by atoms with E-state index in [1.165, 1.54) is 35.4 Å². The average Bonchev–Trinajstić information content (AvgIpc) is 2.73.